The third-order valence-corrected chi connectivity index (χ3v) is 4.57. The molecule has 0 N–H and O–H groups in total. The molecule has 0 atom stereocenters. The van der Waals surface area contributed by atoms with E-state index in [0.29, 0.717) is 15.6 Å². The molecule has 9 nitrogen and oxygen atoms in total. The zero-order chi connectivity index (χ0) is 18.5. The molecule has 0 aliphatic heterocycles. The maximum atomic E-state index is 12.3. The summed E-state index contributed by atoms with van der Waals surface area (Å²) in [7, 11) is 2.68. The summed E-state index contributed by atoms with van der Waals surface area (Å²) in [6.45, 7) is -0.119. The standard InChI is InChI=1S/C14H11Cl2N5O4/c1-18-11-10(12(22)19(2)14(18)23)17-13(21(24)25)20(11)6-7-8(15)4-3-5-9(7)16/h3-5H,6H2,1-2H3. The van der Waals surface area contributed by atoms with Crippen LogP contribution in [0.2, 0.25) is 10.0 Å². The summed E-state index contributed by atoms with van der Waals surface area (Å²) >= 11 is 12.3. The van der Waals surface area contributed by atoms with E-state index in [1.165, 1.54) is 14.1 Å². The van der Waals surface area contributed by atoms with Crippen LogP contribution in [0.4, 0.5) is 5.95 Å². The Bertz CT molecular complexity index is 1120. The summed E-state index contributed by atoms with van der Waals surface area (Å²) in [4.78, 5) is 38.9. The van der Waals surface area contributed by atoms with Crippen LogP contribution in [0.25, 0.3) is 11.2 Å². The van der Waals surface area contributed by atoms with Crippen molar-refractivity contribution < 1.29 is 4.92 Å². The first-order valence-corrected chi connectivity index (χ1v) is 7.73. The summed E-state index contributed by atoms with van der Waals surface area (Å²) in [6, 6.07) is 4.82. The summed E-state index contributed by atoms with van der Waals surface area (Å²) in [5, 5.41) is 12.0. The Morgan fingerprint density at radius 2 is 1.76 bits per heavy atom. The van der Waals surface area contributed by atoms with Crippen LogP contribution in [0.15, 0.2) is 27.8 Å². The SMILES string of the molecule is Cn1c(=O)c2nc([N+](=O)[O-])n(Cc3c(Cl)cccc3Cl)c2n(C)c1=O. The first kappa shape index (κ1) is 17.2. The minimum Gasteiger partial charge on any atom is -0.390 e. The third-order valence-electron chi connectivity index (χ3n) is 3.86. The lowest BCUT2D eigenvalue weighted by molar-refractivity contribution is -0.396. The number of hydrogen-bond acceptors (Lipinski definition) is 5. The normalized spacial score (nSPS) is 11.2. The lowest BCUT2D eigenvalue weighted by atomic mass is 10.2. The van der Waals surface area contributed by atoms with E-state index in [0.717, 1.165) is 13.7 Å². The molecule has 11 heteroatoms. The minimum absolute atomic E-state index is 0.0239. The number of fused-ring (bicyclic) bond motifs is 1. The van der Waals surface area contributed by atoms with Crippen molar-refractivity contribution in [2.45, 2.75) is 6.54 Å². The fraction of sp³-hybridized carbons (Fsp3) is 0.214. The topological polar surface area (TPSA) is 105 Å². The van der Waals surface area contributed by atoms with Crippen molar-refractivity contribution in [1.29, 1.82) is 0 Å². The summed E-state index contributed by atoms with van der Waals surface area (Å²) < 4.78 is 3.11. The largest absolute Gasteiger partial charge is 0.437 e. The predicted molar refractivity (Wildman–Crippen MR) is 92.4 cm³/mol. The predicted octanol–water partition coefficient (Wildman–Crippen LogP) is 1.70. The zero-order valence-corrected chi connectivity index (χ0v) is 14.6. The van der Waals surface area contributed by atoms with Gasteiger partial charge in [0.15, 0.2) is 0 Å². The van der Waals surface area contributed by atoms with Gasteiger partial charge in [-0.05, 0) is 17.1 Å². The fourth-order valence-corrected chi connectivity index (χ4v) is 3.12. The van der Waals surface area contributed by atoms with Gasteiger partial charge in [0.25, 0.3) is 5.52 Å². The highest BCUT2D eigenvalue weighted by molar-refractivity contribution is 6.36. The number of aryl methyl sites for hydroxylation is 1. The first-order chi connectivity index (χ1) is 11.7. The van der Waals surface area contributed by atoms with Crippen molar-refractivity contribution in [3.05, 3.63) is 64.8 Å². The summed E-state index contributed by atoms with van der Waals surface area (Å²) in [6.07, 6.45) is 0. The van der Waals surface area contributed by atoms with Crippen molar-refractivity contribution in [2.75, 3.05) is 0 Å². The molecular formula is C14H11Cl2N5O4. The van der Waals surface area contributed by atoms with Gasteiger partial charge in [0, 0.05) is 29.7 Å². The van der Waals surface area contributed by atoms with Crippen LogP contribution < -0.4 is 11.2 Å². The lowest BCUT2D eigenvalue weighted by Crippen LogP contribution is -2.37. The fourth-order valence-electron chi connectivity index (χ4n) is 2.60. The van der Waals surface area contributed by atoms with Gasteiger partial charge in [-0.3, -0.25) is 13.9 Å². The van der Waals surface area contributed by atoms with E-state index in [9.17, 15) is 19.7 Å². The Morgan fingerprint density at radius 3 is 2.32 bits per heavy atom. The van der Waals surface area contributed by atoms with Crippen LogP contribution in [-0.4, -0.2) is 23.6 Å². The number of rotatable bonds is 3. The zero-order valence-electron chi connectivity index (χ0n) is 13.1. The average Bonchev–Trinajstić information content (AvgIpc) is 2.94. The van der Waals surface area contributed by atoms with Crippen LogP contribution in [0.3, 0.4) is 0 Å². The van der Waals surface area contributed by atoms with Crippen LogP contribution in [0, 0.1) is 10.1 Å². The second kappa shape index (κ2) is 6.01. The molecule has 25 heavy (non-hydrogen) atoms. The van der Waals surface area contributed by atoms with Crippen molar-refractivity contribution >= 4 is 40.3 Å². The molecule has 0 saturated carbocycles. The maximum absolute atomic E-state index is 12.3. The second-order valence-electron chi connectivity index (χ2n) is 5.33. The van der Waals surface area contributed by atoms with Crippen LogP contribution >= 0.6 is 23.2 Å². The van der Waals surface area contributed by atoms with Gasteiger partial charge in [-0.2, -0.15) is 0 Å². The van der Waals surface area contributed by atoms with Crippen LogP contribution in [0.5, 0.6) is 0 Å². The van der Waals surface area contributed by atoms with Gasteiger partial charge < -0.3 is 10.1 Å². The molecule has 2 aromatic heterocycles. The molecule has 130 valence electrons. The molecule has 2 heterocycles. The highest BCUT2D eigenvalue weighted by Crippen LogP contribution is 2.28. The number of imidazole rings is 1. The van der Waals surface area contributed by atoms with Gasteiger partial charge in [0.05, 0.1) is 0 Å². The molecule has 0 fully saturated rings. The lowest BCUT2D eigenvalue weighted by Gasteiger charge is -2.09. The number of nitro groups is 1. The maximum Gasteiger partial charge on any atom is 0.437 e. The Balaban J connectivity index is 2.41. The highest BCUT2D eigenvalue weighted by Gasteiger charge is 2.29. The molecule has 0 bridgehead atoms. The summed E-state index contributed by atoms with van der Waals surface area (Å²) in [5.41, 5.74) is -1.08. The van der Waals surface area contributed by atoms with Gasteiger partial charge >= 0.3 is 17.2 Å². The van der Waals surface area contributed by atoms with Gasteiger partial charge in [-0.25, -0.2) is 9.36 Å². The molecule has 0 radical (unpaired) electrons. The monoisotopic (exact) mass is 383 g/mol. The minimum atomic E-state index is -0.728. The average molecular weight is 384 g/mol. The van der Waals surface area contributed by atoms with Crippen molar-refractivity contribution in [3.63, 3.8) is 0 Å². The first-order valence-electron chi connectivity index (χ1n) is 6.97. The van der Waals surface area contributed by atoms with Gasteiger partial charge in [-0.1, -0.05) is 34.3 Å². The van der Waals surface area contributed by atoms with Gasteiger partial charge in [0.1, 0.15) is 6.54 Å². The van der Waals surface area contributed by atoms with Gasteiger partial charge in [-0.15, -0.1) is 0 Å². The molecule has 0 unspecified atom stereocenters. The Hall–Kier alpha value is -2.65. The van der Waals surface area contributed by atoms with Crippen LogP contribution in [0.1, 0.15) is 5.56 Å². The second-order valence-corrected chi connectivity index (χ2v) is 6.15. The quantitative estimate of drug-likeness (QED) is 0.505. The van der Waals surface area contributed by atoms with Crippen molar-refractivity contribution in [1.82, 2.24) is 18.7 Å². The van der Waals surface area contributed by atoms with Crippen molar-refractivity contribution in [2.24, 2.45) is 14.1 Å². The number of hydrogen-bond donors (Lipinski definition) is 0. The van der Waals surface area contributed by atoms with Crippen LogP contribution in [-0.2, 0) is 20.6 Å². The molecule has 0 saturated heterocycles. The number of nitrogens with zero attached hydrogens (tertiary/aromatic N) is 5. The van der Waals surface area contributed by atoms with Gasteiger partial charge in [0.2, 0.25) is 5.65 Å². The van der Waals surface area contributed by atoms with Crippen molar-refractivity contribution in [3.8, 4) is 0 Å². The Morgan fingerprint density at radius 1 is 1.16 bits per heavy atom. The van der Waals surface area contributed by atoms with E-state index < -0.39 is 22.1 Å². The van der Waals surface area contributed by atoms with E-state index in [4.69, 9.17) is 23.2 Å². The summed E-state index contributed by atoms with van der Waals surface area (Å²) in [5.74, 6) is -0.579. The molecule has 0 aliphatic carbocycles. The third kappa shape index (κ3) is 2.61. The molecule has 0 amide bonds. The molecular weight excluding hydrogens is 373 g/mol. The number of aromatic nitrogens is 4. The molecule has 3 rings (SSSR count). The molecule has 1 aromatic carbocycles. The van der Waals surface area contributed by atoms with E-state index in [-0.39, 0.29) is 17.7 Å². The van der Waals surface area contributed by atoms with E-state index in [1.54, 1.807) is 18.2 Å². The Labute approximate surface area is 149 Å². The Kier molecular flexibility index (Phi) is 4.13. The molecule has 0 aliphatic rings. The molecule has 0 spiro atoms. The highest BCUT2D eigenvalue weighted by atomic mass is 35.5. The molecule has 3 aromatic rings. The smallest absolute Gasteiger partial charge is 0.390 e. The number of benzene rings is 1. The van der Waals surface area contributed by atoms with E-state index in [1.807, 2.05) is 0 Å². The number of halogens is 2. The van der Waals surface area contributed by atoms with E-state index in [2.05, 4.69) is 4.98 Å². The van der Waals surface area contributed by atoms with E-state index >= 15 is 0 Å².